The number of rotatable bonds is 2. The van der Waals surface area contributed by atoms with Crippen LogP contribution in [0.15, 0.2) is 0 Å². The third kappa shape index (κ3) is 6.73. The van der Waals surface area contributed by atoms with Crippen molar-refractivity contribution < 1.29 is 0 Å². The highest BCUT2D eigenvalue weighted by atomic mass is 15.3. The van der Waals surface area contributed by atoms with E-state index in [1.54, 1.807) is 0 Å². The molecule has 0 amide bonds. The Morgan fingerprint density at radius 2 is 1.42 bits per heavy atom. The van der Waals surface area contributed by atoms with E-state index in [0.717, 1.165) is 12.0 Å². The van der Waals surface area contributed by atoms with E-state index in [4.69, 9.17) is 0 Å². The van der Waals surface area contributed by atoms with Gasteiger partial charge in [-0.2, -0.15) is 0 Å². The topological polar surface area (TPSA) is 9.72 Å². The Morgan fingerprint density at radius 3 is 1.84 bits per heavy atom. The van der Waals surface area contributed by atoms with Crippen LogP contribution in [0, 0.1) is 5.92 Å². The van der Waals surface area contributed by atoms with Gasteiger partial charge in [-0.05, 0) is 33.4 Å². The average molecular weight is 271 g/mol. The first-order chi connectivity index (χ1) is 9.15. The lowest BCUT2D eigenvalue weighted by Gasteiger charge is -2.33. The van der Waals surface area contributed by atoms with E-state index >= 15 is 0 Å². The summed E-state index contributed by atoms with van der Waals surface area (Å²) in [7, 11) is 4.48. The van der Waals surface area contributed by atoms with Gasteiger partial charge < -0.3 is 14.7 Å². The van der Waals surface area contributed by atoms with Gasteiger partial charge in [0.25, 0.3) is 0 Å². The quantitative estimate of drug-likeness (QED) is 0.764. The monoisotopic (exact) mass is 271 g/mol. The van der Waals surface area contributed by atoms with Gasteiger partial charge in [0.1, 0.15) is 0 Å². The van der Waals surface area contributed by atoms with Gasteiger partial charge in [-0.25, -0.2) is 0 Å². The van der Waals surface area contributed by atoms with Crippen molar-refractivity contribution in [3.05, 3.63) is 0 Å². The van der Waals surface area contributed by atoms with Crippen molar-refractivity contribution in [3.8, 4) is 0 Å². The molecule has 0 aromatic heterocycles. The fraction of sp³-hybridized carbons (Fsp3) is 1.00. The highest BCUT2D eigenvalue weighted by molar-refractivity contribution is 4.83. The molecule has 2 unspecified atom stereocenters. The van der Waals surface area contributed by atoms with E-state index in [-0.39, 0.29) is 0 Å². The third-order valence-corrected chi connectivity index (χ3v) is 4.09. The second-order valence-electron chi connectivity index (χ2n) is 5.49. The molecule has 3 heteroatoms. The molecule has 0 N–H and O–H groups in total. The largest absolute Gasteiger partial charge is 0.304 e. The second-order valence-corrected chi connectivity index (χ2v) is 5.49. The van der Waals surface area contributed by atoms with Crippen molar-refractivity contribution in [1.82, 2.24) is 14.7 Å². The predicted molar refractivity (Wildman–Crippen MR) is 86.8 cm³/mol. The van der Waals surface area contributed by atoms with Gasteiger partial charge in [0.05, 0.1) is 0 Å². The maximum absolute atomic E-state index is 2.65. The molecule has 0 aromatic rings. The van der Waals surface area contributed by atoms with Crippen LogP contribution in [0.4, 0.5) is 0 Å². The maximum atomic E-state index is 2.65. The van der Waals surface area contributed by atoms with Crippen LogP contribution in [0.3, 0.4) is 0 Å². The molecular weight excluding hydrogens is 234 g/mol. The SMILES string of the molecule is CC.CC.CC1CC(CN2CCN(C)CC2)CN1C. The van der Waals surface area contributed by atoms with Gasteiger partial charge in [0.2, 0.25) is 0 Å². The van der Waals surface area contributed by atoms with Crippen LogP contribution in [0.1, 0.15) is 41.0 Å². The summed E-state index contributed by atoms with van der Waals surface area (Å²) >= 11 is 0. The average Bonchev–Trinajstić information content (AvgIpc) is 2.76. The molecule has 3 nitrogen and oxygen atoms in total. The zero-order valence-corrected chi connectivity index (χ0v) is 14.4. The van der Waals surface area contributed by atoms with Crippen LogP contribution in [0.5, 0.6) is 0 Å². The van der Waals surface area contributed by atoms with E-state index in [2.05, 4.69) is 35.7 Å². The first-order valence-electron chi connectivity index (χ1n) is 8.26. The number of likely N-dealkylation sites (tertiary alicyclic amines) is 1. The van der Waals surface area contributed by atoms with Crippen LogP contribution in [-0.4, -0.2) is 74.1 Å². The normalized spacial score (nSPS) is 29.2. The summed E-state index contributed by atoms with van der Waals surface area (Å²) < 4.78 is 0. The predicted octanol–water partition coefficient (Wildman–Crippen LogP) is 2.63. The second kappa shape index (κ2) is 10.6. The number of likely N-dealkylation sites (N-methyl/N-ethyl adjacent to an activating group) is 1. The molecule has 2 aliphatic heterocycles. The molecule has 0 aliphatic carbocycles. The van der Waals surface area contributed by atoms with Gasteiger partial charge in [0.15, 0.2) is 0 Å². The lowest BCUT2D eigenvalue weighted by atomic mass is 10.1. The molecule has 2 heterocycles. The zero-order chi connectivity index (χ0) is 14.8. The van der Waals surface area contributed by atoms with Gasteiger partial charge in [-0.1, -0.05) is 27.7 Å². The summed E-state index contributed by atoms with van der Waals surface area (Å²) in [5.74, 6) is 0.911. The smallest absolute Gasteiger partial charge is 0.0110 e. The first kappa shape index (κ1) is 18.9. The fourth-order valence-corrected chi connectivity index (χ4v) is 2.85. The Hall–Kier alpha value is -0.120. The van der Waals surface area contributed by atoms with E-state index in [1.165, 1.54) is 45.7 Å². The van der Waals surface area contributed by atoms with Crippen LogP contribution >= 0.6 is 0 Å². The molecule has 0 radical (unpaired) electrons. The van der Waals surface area contributed by atoms with E-state index < -0.39 is 0 Å². The van der Waals surface area contributed by atoms with E-state index in [1.807, 2.05) is 27.7 Å². The summed E-state index contributed by atoms with van der Waals surface area (Å²) in [6.07, 6.45) is 1.39. The van der Waals surface area contributed by atoms with E-state index in [9.17, 15) is 0 Å². The lowest BCUT2D eigenvalue weighted by Crippen LogP contribution is -2.46. The molecule has 2 saturated heterocycles. The number of hydrogen-bond acceptors (Lipinski definition) is 3. The van der Waals surface area contributed by atoms with Gasteiger partial charge >= 0.3 is 0 Å². The third-order valence-electron chi connectivity index (χ3n) is 4.09. The number of hydrogen-bond donors (Lipinski definition) is 0. The Morgan fingerprint density at radius 1 is 0.895 bits per heavy atom. The molecule has 0 aromatic carbocycles. The van der Waals surface area contributed by atoms with Crippen LogP contribution in [0.2, 0.25) is 0 Å². The molecule has 0 bridgehead atoms. The van der Waals surface area contributed by atoms with Crippen molar-refractivity contribution in [3.63, 3.8) is 0 Å². The molecule has 116 valence electrons. The Balaban J connectivity index is 0.000000741. The molecule has 19 heavy (non-hydrogen) atoms. The summed E-state index contributed by atoms with van der Waals surface area (Å²) in [5, 5.41) is 0. The first-order valence-corrected chi connectivity index (χ1v) is 8.26. The van der Waals surface area contributed by atoms with Crippen molar-refractivity contribution in [2.75, 3.05) is 53.4 Å². The van der Waals surface area contributed by atoms with Crippen molar-refractivity contribution in [1.29, 1.82) is 0 Å². The van der Waals surface area contributed by atoms with Crippen molar-refractivity contribution in [2.24, 2.45) is 5.92 Å². The van der Waals surface area contributed by atoms with Gasteiger partial charge in [-0.3, -0.25) is 0 Å². The molecule has 2 fully saturated rings. The van der Waals surface area contributed by atoms with Crippen molar-refractivity contribution >= 4 is 0 Å². The van der Waals surface area contributed by atoms with E-state index in [0.29, 0.717) is 0 Å². The summed E-state index contributed by atoms with van der Waals surface area (Å²) in [4.78, 5) is 7.58. The minimum atomic E-state index is 0.794. The van der Waals surface area contributed by atoms with Gasteiger partial charge in [0, 0.05) is 45.3 Å². The standard InChI is InChI=1S/C12H25N3.2C2H6/c1-11-8-12(9-14(11)3)10-15-6-4-13(2)5-7-15;2*1-2/h11-12H,4-10H2,1-3H3;2*1-2H3. The fourth-order valence-electron chi connectivity index (χ4n) is 2.85. The molecule has 2 aliphatic rings. The summed E-state index contributed by atoms with van der Waals surface area (Å²) in [5.41, 5.74) is 0. The highest BCUT2D eigenvalue weighted by Crippen LogP contribution is 2.22. The Bertz CT molecular complexity index is 190. The Labute approximate surface area is 121 Å². The van der Waals surface area contributed by atoms with Crippen LogP contribution in [0.25, 0.3) is 0 Å². The molecular formula is C16H37N3. The zero-order valence-electron chi connectivity index (χ0n) is 14.4. The van der Waals surface area contributed by atoms with Crippen molar-refractivity contribution in [2.45, 2.75) is 47.1 Å². The minimum Gasteiger partial charge on any atom is -0.304 e. The lowest BCUT2D eigenvalue weighted by molar-refractivity contribution is 0.137. The highest BCUT2D eigenvalue weighted by Gasteiger charge is 2.28. The van der Waals surface area contributed by atoms with Crippen LogP contribution in [-0.2, 0) is 0 Å². The molecule has 0 saturated carbocycles. The van der Waals surface area contributed by atoms with Crippen LogP contribution < -0.4 is 0 Å². The van der Waals surface area contributed by atoms with Gasteiger partial charge in [-0.15, -0.1) is 0 Å². The minimum absolute atomic E-state index is 0.794. The molecule has 2 atom stereocenters. The molecule has 0 spiro atoms. The summed E-state index contributed by atoms with van der Waals surface area (Å²) in [6.45, 7) is 18.0. The number of nitrogens with zero attached hydrogens (tertiary/aromatic N) is 3. The number of piperazine rings is 1. The Kier molecular flexibility index (Phi) is 10.6. The maximum Gasteiger partial charge on any atom is 0.0110 e. The molecule has 2 rings (SSSR count). The summed E-state index contributed by atoms with van der Waals surface area (Å²) in [6, 6.07) is 0.794.